The number of thiophene rings is 1. The molecule has 0 saturated heterocycles. The third-order valence-electron chi connectivity index (χ3n) is 3.24. The van der Waals surface area contributed by atoms with E-state index in [1.54, 1.807) is 0 Å². The number of anilines is 1. The fourth-order valence-electron chi connectivity index (χ4n) is 2.15. The lowest BCUT2D eigenvalue weighted by atomic mass is 10.1. The van der Waals surface area contributed by atoms with Crippen molar-refractivity contribution < 1.29 is 0 Å². The van der Waals surface area contributed by atoms with E-state index in [2.05, 4.69) is 66.0 Å². The van der Waals surface area contributed by atoms with E-state index < -0.39 is 0 Å². The minimum absolute atomic E-state index is 0.940. The highest BCUT2D eigenvalue weighted by Gasteiger charge is 2.06. The summed E-state index contributed by atoms with van der Waals surface area (Å²) in [5.74, 6) is 0. The first-order valence-electron chi connectivity index (χ1n) is 6.83. The minimum Gasteiger partial charge on any atom is -0.374 e. The monoisotopic (exact) mass is 274 g/mol. The highest BCUT2D eigenvalue weighted by molar-refractivity contribution is 7.09. The van der Waals surface area contributed by atoms with E-state index in [1.807, 2.05) is 11.3 Å². The predicted molar refractivity (Wildman–Crippen MR) is 85.1 cm³/mol. The first-order valence-corrected chi connectivity index (χ1v) is 7.71. The highest BCUT2D eigenvalue weighted by Crippen LogP contribution is 2.20. The van der Waals surface area contributed by atoms with Gasteiger partial charge in [-0.2, -0.15) is 0 Å². The number of hydrogen-bond donors (Lipinski definition) is 1. The molecule has 1 heterocycles. The molecule has 0 amide bonds. The van der Waals surface area contributed by atoms with Gasteiger partial charge in [0.2, 0.25) is 0 Å². The van der Waals surface area contributed by atoms with Gasteiger partial charge >= 0.3 is 0 Å². The van der Waals surface area contributed by atoms with Crippen LogP contribution in [0.2, 0.25) is 0 Å². The highest BCUT2D eigenvalue weighted by atomic mass is 32.1. The summed E-state index contributed by atoms with van der Waals surface area (Å²) in [4.78, 5) is 3.81. The molecule has 0 spiro atoms. The van der Waals surface area contributed by atoms with E-state index in [4.69, 9.17) is 0 Å². The molecule has 0 aliphatic carbocycles. The zero-order valence-corrected chi connectivity index (χ0v) is 12.5. The Bertz CT molecular complexity index is 479. The van der Waals surface area contributed by atoms with Crippen molar-refractivity contribution in [2.75, 3.05) is 25.0 Å². The van der Waals surface area contributed by atoms with Crippen LogP contribution in [0.3, 0.4) is 0 Å². The Morgan fingerprint density at radius 3 is 2.74 bits per heavy atom. The molecule has 0 bridgehead atoms. The van der Waals surface area contributed by atoms with E-state index >= 15 is 0 Å². The summed E-state index contributed by atoms with van der Waals surface area (Å²) in [5, 5.41) is 5.55. The molecular formula is C16H22N2S. The zero-order chi connectivity index (χ0) is 13.5. The third kappa shape index (κ3) is 4.08. The van der Waals surface area contributed by atoms with Crippen molar-refractivity contribution in [2.45, 2.75) is 19.9 Å². The van der Waals surface area contributed by atoms with Crippen molar-refractivity contribution in [2.24, 2.45) is 0 Å². The van der Waals surface area contributed by atoms with Crippen LogP contribution in [0.25, 0.3) is 0 Å². The Balaban J connectivity index is 1.99. The molecule has 0 aliphatic rings. The van der Waals surface area contributed by atoms with Crippen LogP contribution in [0, 0.1) is 0 Å². The van der Waals surface area contributed by atoms with Gasteiger partial charge in [0.15, 0.2) is 0 Å². The van der Waals surface area contributed by atoms with Gasteiger partial charge in [0.05, 0.1) is 0 Å². The van der Waals surface area contributed by atoms with Gasteiger partial charge in [0, 0.05) is 30.7 Å². The molecular weight excluding hydrogens is 252 g/mol. The van der Waals surface area contributed by atoms with Crippen LogP contribution < -0.4 is 10.2 Å². The number of rotatable bonds is 7. The Hall–Kier alpha value is -1.32. The van der Waals surface area contributed by atoms with Gasteiger partial charge in [0.25, 0.3) is 0 Å². The number of nitrogens with one attached hydrogen (secondary N) is 1. The Labute approximate surface area is 120 Å². The Morgan fingerprint density at radius 2 is 2.00 bits per heavy atom. The summed E-state index contributed by atoms with van der Waals surface area (Å²) in [7, 11) is 2.18. The van der Waals surface area contributed by atoms with Crippen LogP contribution in [-0.4, -0.2) is 20.1 Å². The molecule has 0 saturated carbocycles. The average molecular weight is 274 g/mol. The largest absolute Gasteiger partial charge is 0.374 e. The fourth-order valence-corrected chi connectivity index (χ4v) is 2.84. The topological polar surface area (TPSA) is 15.3 Å². The van der Waals surface area contributed by atoms with E-state index in [0.29, 0.717) is 0 Å². The molecule has 2 rings (SSSR count). The zero-order valence-electron chi connectivity index (χ0n) is 11.7. The molecule has 0 aliphatic heterocycles. The number of nitrogens with zero attached hydrogens (tertiary/aromatic N) is 1. The maximum absolute atomic E-state index is 3.40. The lowest BCUT2D eigenvalue weighted by molar-refractivity contribution is 0.723. The minimum atomic E-state index is 0.940. The molecule has 19 heavy (non-hydrogen) atoms. The van der Waals surface area contributed by atoms with Gasteiger partial charge in [-0.3, -0.25) is 0 Å². The Morgan fingerprint density at radius 1 is 1.16 bits per heavy atom. The van der Waals surface area contributed by atoms with Crippen molar-refractivity contribution in [3.05, 3.63) is 52.2 Å². The molecule has 1 aromatic carbocycles. The number of para-hydroxylation sites is 1. The molecule has 0 atom stereocenters. The molecule has 0 radical (unpaired) electrons. The molecule has 3 heteroatoms. The van der Waals surface area contributed by atoms with Gasteiger partial charge in [-0.25, -0.2) is 0 Å². The van der Waals surface area contributed by atoms with Crippen molar-refractivity contribution in [1.82, 2.24) is 5.32 Å². The summed E-state index contributed by atoms with van der Waals surface area (Å²) < 4.78 is 0. The number of benzene rings is 1. The number of hydrogen-bond acceptors (Lipinski definition) is 3. The summed E-state index contributed by atoms with van der Waals surface area (Å²) in [5.41, 5.74) is 2.71. The van der Waals surface area contributed by atoms with Gasteiger partial charge < -0.3 is 10.2 Å². The molecule has 0 fully saturated rings. The van der Waals surface area contributed by atoms with Crippen LogP contribution in [0.15, 0.2) is 41.8 Å². The quantitative estimate of drug-likeness (QED) is 0.831. The summed E-state index contributed by atoms with van der Waals surface area (Å²) in [6.45, 7) is 5.15. The number of likely N-dealkylation sites (N-methyl/N-ethyl adjacent to an activating group) is 1. The van der Waals surface area contributed by atoms with Gasteiger partial charge in [-0.1, -0.05) is 31.2 Å². The van der Waals surface area contributed by atoms with Crippen molar-refractivity contribution >= 4 is 17.0 Å². The molecule has 0 unspecified atom stereocenters. The lowest BCUT2D eigenvalue weighted by Crippen LogP contribution is -2.23. The molecule has 1 aromatic heterocycles. The van der Waals surface area contributed by atoms with E-state index in [9.17, 15) is 0 Å². The summed E-state index contributed by atoms with van der Waals surface area (Å²) in [6, 6.07) is 13.0. The molecule has 1 N–H and O–H groups in total. The van der Waals surface area contributed by atoms with Crippen molar-refractivity contribution in [3.63, 3.8) is 0 Å². The Kier molecular flexibility index (Phi) is 5.43. The summed E-state index contributed by atoms with van der Waals surface area (Å²) in [6.07, 6.45) is 1.11. The molecule has 102 valence electrons. The second-order valence-electron chi connectivity index (χ2n) is 4.66. The summed E-state index contributed by atoms with van der Waals surface area (Å²) >= 11 is 1.84. The molecule has 2 nitrogen and oxygen atoms in total. The lowest BCUT2D eigenvalue weighted by Gasteiger charge is -2.22. The van der Waals surface area contributed by atoms with E-state index in [0.717, 1.165) is 26.1 Å². The first kappa shape index (κ1) is 14.1. The van der Waals surface area contributed by atoms with E-state index in [1.165, 1.54) is 16.1 Å². The van der Waals surface area contributed by atoms with E-state index in [-0.39, 0.29) is 0 Å². The van der Waals surface area contributed by atoms with Gasteiger partial charge in [0.1, 0.15) is 0 Å². The van der Waals surface area contributed by atoms with Crippen LogP contribution >= 0.6 is 11.3 Å². The third-order valence-corrected chi connectivity index (χ3v) is 4.18. The normalized spacial score (nSPS) is 10.6. The fraction of sp³-hybridized carbons (Fsp3) is 0.375. The smallest absolute Gasteiger partial charge is 0.0409 e. The molecule has 2 aromatic rings. The second-order valence-corrected chi connectivity index (χ2v) is 5.69. The second kappa shape index (κ2) is 7.31. The average Bonchev–Trinajstić information content (AvgIpc) is 2.96. The van der Waals surface area contributed by atoms with Crippen LogP contribution in [-0.2, 0) is 13.0 Å². The first-order chi connectivity index (χ1) is 9.31. The standard InChI is InChI=1S/C16H22N2S/c1-3-17-13-14-7-4-5-9-16(14)18(2)11-10-15-8-6-12-19-15/h4-9,12,17H,3,10-11,13H2,1-2H3. The SMILES string of the molecule is CCNCc1ccccc1N(C)CCc1cccs1. The van der Waals surface area contributed by atoms with Crippen molar-refractivity contribution in [1.29, 1.82) is 0 Å². The maximum atomic E-state index is 3.40. The van der Waals surface area contributed by atoms with Crippen LogP contribution in [0.5, 0.6) is 0 Å². The van der Waals surface area contributed by atoms with Crippen molar-refractivity contribution in [3.8, 4) is 0 Å². The van der Waals surface area contributed by atoms with Crippen LogP contribution in [0.4, 0.5) is 5.69 Å². The maximum Gasteiger partial charge on any atom is 0.0409 e. The van der Waals surface area contributed by atoms with Gasteiger partial charge in [-0.15, -0.1) is 11.3 Å². The van der Waals surface area contributed by atoms with Crippen LogP contribution in [0.1, 0.15) is 17.4 Å². The van der Waals surface area contributed by atoms with Gasteiger partial charge in [-0.05, 0) is 36.0 Å². The predicted octanol–water partition coefficient (Wildman–Crippen LogP) is 3.54.